The molecule has 0 aliphatic heterocycles. The van der Waals surface area contributed by atoms with Crippen molar-refractivity contribution in [2.75, 3.05) is 14.2 Å². The summed E-state index contributed by atoms with van der Waals surface area (Å²) in [6, 6.07) is 0. The third kappa shape index (κ3) is 17.3. The van der Waals surface area contributed by atoms with Crippen LogP contribution in [-0.4, -0.2) is 26.3 Å². The van der Waals surface area contributed by atoms with E-state index < -0.39 is 0 Å². The highest BCUT2D eigenvalue weighted by Gasteiger charge is 2.02. The first-order valence-corrected chi connectivity index (χ1v) is 9.78. The number of hydrogen-bond acceptors (Lipinski definition) is 3. The molecule has 0 saturated carbocycles. The summed E-state index contributed by atoms with van der Waals surface area (Å²) >= 11 is 0. The summed E-state index contributed by atoms with van der Waals surface area (Å²) in [5, 5.41) is 0. The fraction of sp³-hybridized carbons (Fsp3) is 0.682. The van der Waals surface area contributed by atoms with Gasteiger partial charge in [0.15, 0.2) is 0 Å². The Morgan fingerprint density at radius 1 is 0.880 bits per heavy atom. The van der Waals surface area contributed by atoms with Gasteiger partial charge in [0, 0.05) is 13.5 Å². The van der Waals surface area contributed by atoms with Crippen molar-refractivity contribution < 1.29 is 14.3 Å². The van der Waals surface area contributed by atoms with Crippen molar-refractivity contribution in [3.8, 4) is 0 Å². The Morgan fingerprint density at radius 2 is 1.52 bits per heavy atom. The zero-order valence-electron chi connectivity index (χ0n) is 16.5. The van der Waals surface area contributed by atoms with Gasteiger partial charge in [-0.15, -0.1) is 0 Å². The van der Waals surface area contributed by atoms with Gasteiger partial charge in [0.25, 0.3) is 0 Å². The molecule has 0 heterocycles. The molecule has 0 rings (SSSR count). The van der Waals surface area contributed by atoms with E-state index in [2.05, 4.69) is 41.2 Å². The maximum Gasteiger partial charge on any atom is 0.305 e. The van der Waals surface area contributed by atoms with Crippen LogP contribution in [0.25, 0.3) is 0 Å². The predicted octanol–water partition coefficient (Wildman–Crippen LogP) is 6.15. The quantitative estimate of drug-likeness (QED) is 0.145. The van der Waals surface area contributed by atoms with E-state index in [1.165, 1.54) is 45.6 Å². The zero-order chi connectivity index (χ0) is 18.6. The van der Waals surface area contributed by atoms with E-state index in [4.69, 9.17) is 4.74 Å². The molecule has 3 heteroatoms. The monoisotopic (exact) mass is 350 g/mol. The first-order chi connectivity index (χ1) is 12.2. The van der Waals surface area contributed by atoms with E-state index >= 15 is 0 Å². The number of hydrogen-bond donors (Lipinski definition) is 0. The lowest BCUT2D eigenvalue weighted by Gasteiger charge is -2.10. The molecule has 0 aromatic carbocycles. The van der Waals surface area contributed by atoms with Crippen LogP contribution < -0.4 is 0 Å². The minimum absolute atomic E-state index is 0.0879. The third-order valence-corrected chi connectivity index (χ3v) is 4.23. The average molecular weight is 351 g/mol. The predicted molar refractivity (Wildman–Crippen MR) is 107 cm³/mol. The van der Waals surface area contributed by atoms with Crippen LogP contribution in [0.5, 0.6) is 0 Å². The molecule has 25 heavy (non-hydrogen) atoms. The molecule has 0 aromatic rings. The molecule has 0 spiro atoms. The fourth-order valence-electron chi connectivity index (χ4n) is 2.63. The van der Waals surface area contributed by atoms with E-state index in [9.17, 15) is 4.79 Å². The number of carbonyl (C=O) groups excluding carboxylic acids is 1. The first kappa shape index (κ1) is 23.6. The summed E-state index contributed by atoms with van der Waals surface area (Å²) in [6.45, 7) is 2.04. The molecule has 0 fully saturated rings. The topological polar surface area (TPSA) is 35.5 Å². The molecule has 0 bridgehead atoms. The molecule has 0 radical (unpaired) electrons. The van der Waals surface area contributed by atoms with E-state index in [-0.39, 0.29) is 12.1 Å². The van der Waals surface area contributed by atoms with Crippen molar-refractivity contribution >= 4 is 5.97 Å². The Bertz CT molecular complexity index is 383. The fourth-order valence-corrected chi connectivity index (χ4v) is 2.63. The van der Waals surface area contributed by atoms with Crippen molar-refractivity contribution in [2.24, 2.45) is 0 Å². The molecule has 144 valence electrons. The standard InChI is InChI=1S/C22H38O3/c1-4-5-6-7-12-15-18-21(24-2)19-16-13-10-8-9-11-14-17-20-22(23)25-3/h4-5,7,12,15,18,21H,6,8-11,13-14,16-17,19-20H2,1-3H3. The Labute approximate surface area is 155 Å². The minimum Gasteiger partial charge on any atom is -0.469 e. The van der Waals surface area contributed by atoms with Crippen molar-refractivity contribution in [1.29, 1.82) is 0 Å². The van der Waals surface area contributed by atoms with Gasteiger partial charge in [-0.1, -0.05) is 81.4 Å². The van der Waals surface area contributed by atoms with Gasteiger partial charge in [0.1, 0.15) is 0 Å². The number of ether oxygens (including phenoxy) is 2. The Balaban J connectivity index is 3.50. The summed E-state index contributed by atoms with van der Waals surface area (Å²) < 4.78 is 10.1. The Kier molecular flexibility index (Phi) is 18.0. The maximum absolute atomic E-state index is 11.0. The van der Waals surface area contributed by atoms with Crippen molar-refractivity contribution in [2.45, 2.75) is 83.7 Å². The number of methoxy groups -OCH3 is 2. The minimum atomic E-state index is -0.0879. The molecule has 1 unspecified atom stereocenters. The van der Waals surface area contributed by atoms with E-state index in [1.54, 1.807) is 7.11 Å². The van der Waals surface area contributed by atoms with Gasteiger partial charge < -0.3 is 9.47 Å². The Hall–Kier alpha value is -1.35. The lowest BCUT2D eigenvalue weighted by molar-refractivity contribution is -0.140. The maximum atomic E-state index is 11.0. The van der Waals surface area contributed by atoms with Gasteiger partial charge in [-0.05, 0) is 26.2 Å². The molecule has 0 aliphatic carbocycles. The molecule has 3 nitrogen and oxygen atoms in total. The largest absolute Gasteiger partial charge is 0.469 e. The van der Waals surface area contributed by atoms with Crippen LogP contribution >= 0.6 is 0 Å². The molecule has 0 saturated heterocycles. The normalized spacial score (nSPS) is 13.2. The summed E-state index contributed by atoms with van der Waals surface area (Å²) in [5.74, 6) is -0.0879. The van der Waals surface area contributed by atoms with E-state index in [1.807, 2.05) is 6.92 Å². The van der Waals surface area contributed by atoms with Crippen molar-refractivity contribution in [3.63, 3.8) is 0 Å². The van der Waals surface area contributed by atoms with Gasteiger partial charge in [-0.2, -0.15) is 0 Å². The van der Waals surface area contributed by atoms with Gasteiger partial charge in [0.2, 0.25) is 0 Å². The van der Waals surface area contributed by atoms with Crippen LogP contribution in [0.2, 0.25) is 0 Å². The first-order valence-electron chi connectivity index (χ1n) is 9.78. The second-order valence-corrected chi connectivity index (χ2v) is 6.34. The van der Waals surface area contributed by atoms with Gasteiger partial charge >= 0.3 is 5.97 Å². The molecule has 1 atom stereocenters. The highest BCUT2D eigenvalue weighted by Crippen LogP contribution is 2.13. The van der Waals surface area contributed by atoms with Gasteiger partial charge in [-0.25, -0.2) is 0 Å². The Morgan fingerprint density at radius 3 is 2.12 bits per heavy atom. The number of allylic oxidation sites excluding steroid dienone is 5. The lowest BCUT2D eigenvalue weighted by atomic mass is 10.0. The molecule has 0 aliphatic rings. The van der Waals surface area contributed by atoms with Gasteiger partial charge in [-0.3, -0.25) is 4.79 Å². The summed E-state index contributed by atoms with van der Waals surface area (Å²) in [7, 11) is 3.24. The van der Waals surface area contributed by atoms with Crippen LogP contribution in [0.15, 0.2) is 36.5 Å². The lowest BCUT2D eigenvalue weighted by Crippen LogP contribution is -2.06. The van der Waals surface area contributed by atoms with E-state index in [0.717, 1.165) is 25.7 Å². The third-order valence-electron chi connectivity index (χ3n) is 4.23. The van der Waals surface area contributed by atoms with Crippen molar-refractivity contribution in [3.05, 3.63) is 36.5 Å². The van der Waals surface area contributed by atoms with Gasteiger partial charge in [0.05, 0.1) is 13.2 Å². The van der Waals surface area contributed by atoms with Crippen molar-refractivity contribution in [1.82, 2.24) is 0 Å². The summed E-state index contributed by atoms with van der Waals surface area (Å²) in [5.41, 5.74) is 0. The summed E-state index contributed by atoms with van der Waals surface area (Å²) in [6.07, 6.45) is 25.2. The van der Waals surface area contributed by atoms with E-state index in [0.29, 0.717) is 6.42 Å². The van der Waals surface area contributed by atoms with Crippen LogP contribution in [0, 0.1) is 0 Å². The second-order valence-electron chi connectivity index (χ2n) is 6.34. The van der Waals surface area contributed by atoms with Crippen LogP contribution in [-0.2, 0) is 14.3 Å². The number of unbranched alkanes of at least 4 members (excludes halogenated alkanes) is 7. The number of rotatable bonds is 16. The molecule has 0 N–H and O–H groups in total. The highest BCUT2D eigenvalue weighted by molar-refractivity contribution is 5.68. The van der Waals surface area contributed by atoms with Crippen LogP contribution in [0.3, 0.4) is 0 Å². The smallest absolute Gasteiger partial charge is 0.305 e. The number of esters is 1. The number of carbonyl (C=O) groups is 1. The average Bonchev–Trinajstić information content (AvgIpc) is 2.63. The summed E-state index contributed by atoms with van der Waals surface area (Å²) in [4.78, 5) is 11.0. The highest BCUT2D eigenvalue weighted by atomic mass is 16.5. The molecular weight excluding hydrogens is 312 g/mol. The molecular formula is C22H38O3. The van der Waals surface area contributed by atoms with Crippen LogP contribution in [0.1, 0.15) is 77.6 Å². The second kappa shape index (κ2) is 19.0. The zero-order valence-corrected chi connectivity index (χ0v) is 16.5. The van der Waals surface area contributed by atoms with Crippen LogP contribution in [0.4, 0.5) is 0 Å². The SMILES string of the molecule is CC=CCC=CC=CC(CCCCCCCCCCC(=O)OC)OC. The molecule has 0 aromatic heterocycles. The molecule has 0 amide bonds.